The smallest absolute Gasteiger partial charge is 0.333 e. The Bertz CT molecular complexity index is 3190. The van der Waals surface area contributed by atoms with E-state index in [1.54, 1.807) is 0 Å². The summed E-state index contributed by atoms with van der Waals surface area (Å²) in [6.45, 7) is 11.7. The van der Waals surface area contributed by atoms with Crippen LogP contribution < -0.4 is 20.6 Å². The number of hydrogen-bond donors (Lipinski definition) is 0. The van der Waals surface area contributed by atoms with Crippen LogP contribution in [0.4, 0.5) is 28.4 Å². The molecule has 0 aliphatic carbocycles. The number of para-hydroxylation sites is 2. The second-order valence-electron chi connectivity index (χ2n) is 18.1. The quantitative estimate of drug-likeness (QED) is 0.165. The monoisotopic (exact) mass is 774 g/mol. The first-order chi connectivity index (χ1) is 28.7. The zero-order chi connectivity index (χ0) is 39.8. The van der Waals surface area contributed by atoms with Crippen molar-refractivity contribution in [3.63, 3.8) is 0 Å². The van der Waals surface area contributed by atoms with Gasteiger partial charge in [0.2, 0.25) is 0 Å². The van der Waals surface area contributed by atoms with Crippen LogP contribution in [0.25, 0.3) is 53.6 Å². The lowest BCUT2D eigenvalue weighted by Gasteiger charge is -2.51. The molecule has 8 aromatic carbocycles. The molecule has 4 heteroatoms. The maximum absolute atomic E-state index is 2.72. The molecule has 0 radical (unpaired) electrons. The van der Waals surface area contributed by atoms with E-state index in [9.17, 15) is 0 Å². The first kappa shape index (κ1) is 34.7. The van der Waals surface area contributed by atoms with Gasteiger partial charge >= 0.3 is 6.85 Å². The third-order valence-electron chi connectivity index (χ3n) is 13.4. The molecule has 0 saturated carbocycles. The predicted octanol–water partition coefficient (Wildman–Crippen LogP) is 14.0. The van der Waals surface area contributed by atoms with E-state index >= 15 is 0 Å². The van der Waals surface area contributed by atoms with Gasteiger partial charge in [0.15, 0.2) is 0 Å². The average Bonchev–Trinajstić information content (AvgIpc) is 3.65. The lowest BCUT2D eigenvalue weighted by Crippen LogP contribution is -2.63. The SMILES string of the molecule is CC(C)(C)c1ccc(N2c3cc(-c4ccccc4)cc4c3B(c3ccc5c(sc6ccccc65)c32)N2c3ccccc3C(C)(C)c3cccc-4c32)c(-c2ccccc2)c1. The summed E-state index contributed by atoms with van der Waals surface area (Å²) in [7, 11) is 0. The van der Waals surface area contributed by atoms with Crippen LogP contribution in [0.5, 0.6) is 0 Å². The number of hydrogen-bond acceptors (Lipinski definition) is 3. The summed E-state index contributed by atoms with van der Waals surface area (Å²) < 4.78 is 2.64. The molecule has 4 heterocycles. The van der Waals surface area contributed by atoms with E-state index in [1.807, 2.05) is 11.3 Å². The van der Waals surface area contributed by atoms with Gasteiger partial charge in [0.05, 0.1) is 16.1 Å². The van der Waals surface area contributed by atoms with Crippen molar-refractivity contribution in [1.29, 1.82) is 0 Å². The number of fused-ring (bicyclic) bond motifs is 10. The fourth-order valence-corrected chi connectivity index (χ4v) is 11.7. The highest BCUT2D eigenvalue weighted by atomic mass is 32.1. The minimum atomic E-state index is -0.172. The Morgan fingerprint density at radius 1 is 0.508 bits per heavy atom. The number of anilines is 5. The Balaban J connectivity index is 1.28. The molecule has 12 rings (SSSR count). The van der Waals surface area contributed by atoms with Crippen LogP contribution in [0.3, 0.4) is 0 Å². The lowest BCUT2D eigenvalue weighted by molar-refractivity contribution is 0.590. The highest BCUT2D eigenvalue weighted by Gasteiger charge is 2.50. The van der Waals surface area contributed by atoms with Crippen molar-refractivity contribution in [2.24, 2.45) is 0 Å². The molecule has 9 aromatic rings. The fourth-order valence-electron chi connectivity index (χ4n) is 10.5. The Hall–Kier alpha value is -6.36. The molecule has 3 aliphatic heterocycles. The van der Waals surface area contributed by atoms with Crippen LogP contribution in [0.15, 0.2) is 170 Å². The molecule has 2 nitrogen and oxygen atoms in total. The third-order valence-corrected chi connectivity index (χ3v) is 14.6. The van der Waals surface area contributed by atoms with Crippen LogP contribution in [0, 0.1) is 0 Å². The summed E-state index contributed by atoms with van der Waals surface area (Å²) in [5.74, 6) is 0. The van der Waals surface area contributed by atoms with E-state index in [4.69, 9.17) is 0 Å². The molecule has 59 heavy (non-hydrogen) atoms. The van der Waals surface area contributed by atoms with Crippen molar-refractivity contribution >= 4 is 77.7 Å². The van der Waals surface area contributed by atoms with Gasteiger partial charge in [-0.3, -0.25) is 0 Å². The van der Waals surface area contributed by atoms with Gasteiger partial charge in [0.1, 0.15) is 0 Å². The Kier molecular flexibility index (Phi) is 7.24. The number of thiophene rings is 1. The maximum atomic E-state index is 2.72. The molecule has 0 bridgehead atoms. The largest absolute Gasteiger partial charge is 0.376 e. The van der Waals surface area contributed by atoms with Crippen molar-refractivity contribution in [3.05, 3.63) is 187 Å². The van der Waals surface area contributed by atoms with E-state index in [1.165, 1.54) is 110 Å². The molecule has 0 atom stereocenters. The normalized spacial score (nSPS) is 14.6. The third kappa shape index (κ3) is 4.87. The minimum Gasteiger partial charge on any atom is -0.376 e. The van der Waals surface area contributed by atoms with E-state index in [-0.39, 0.29) is 17.7 Å². The topological polar surface area (TPSA) is 6.48 Å². The first-order valence-electron chi connectivity index (χ1n) is 20.9. The molecule has 0 spiro atoms. The second kappa shape index (κ2) is 12.3. The Labute approximate surface area is 351 Å². The van der Waals surface area contributed by atoms with Crippen LogP contribution in [-0.2, 0) is 10.8 Å². The molecule has 3 aliphatic rings. The van der Waals surface area contributed by atoms with Crippen LogP contribution in [0.2, 0.25) is 0 Å². The molecular formula is C55H43BN2S. The van der Waals surface area contributed by atoms with Crippen molar-refractivity contribution in [3.8, 4) is 33.4 Å². The second-order valence-corrected chi connectivity index (χ2v) is 19.2. The fraction of sp³-hybridized carbons (Fsp3) is 0.127. The highest BCUT2D eigenvalue weighted by molar-refractivity contribution is 7.26. The van der Waals surface area contributed by atoms with Gasteiger partial charge in [0.25, 0.3) is 0 Å². The summed E-state index contributed by atoms with van der Waals surface area (Å²) in [5, 5.41) is 2.62. The van der Waals surface area contributed by atoms with E-state index < -0.39 is 0 Å². The van der Waals surface area contributed by atoms with Crippen molar-refractivity contribution in [1.82, 2.24) is 0 Å². The predicted molar refractivity (Wildman–Crippen MR) is 255 cm³/mol. The molecule has 0 fully saturated rings. The summed E-state index contributed by atoms with van der Waals surface area (Å²) >= 11 is 1.93. The zero-order valence-electron chi connectivity index (χ0n) is 34.0. The minimum absolute atomic E-state index is 0.0189. The molecule has 282 valence electrons. The molecule has 1 aromatic heterocycles. The molecular weight excluding hydrogens is 731 g/mol. The van der Waals surface area contributed by atoms with Crippen molar-refractivity contribution in [2.45, 2.75) is 45.4 Å². The van der Waals surface area contributed by atoms with Gasteiger partial charge in [0, 0.05) is 49.1 Å². The van der Waals surface area contributed by atoms with Gasteiger partial charge in [-0.2, -0.15) is 0 Å². The van der Waals surface area contributed by atoms with Crippen LogP contribution in [0.1, 0.15) is 51.3 Å². The molecule has 0 N–H and O–H groups in total. The molecule has 0 amide bonds. The van der Waals surface area contributed by atoms with E-state index in [2.05, 4.69) is 214 Å². The van der Waals surface area contributed by atoms with Gasteiger partial charge in [-0.05, 0) is 91.7 Å². The van der Waals surface area contributed by atoms with Gasteiger partial charge in [-0.1, -0.05) is 168 Å². The standard InChI is InChI=1S/C55H43BN2S/c1-54(2,3)37-27-30-46(41(33-37)35-19-10-7-11-20-35)57-48-32-36(34-17-8-6-9-18-34)31-42-39-22-16-24-44-51(39)58(47-25-14-13-23-43(47)55(44,4)5)56(50(42)48)45-29-28-40-38-21-12-15-26-49(38)59-53(40)52(45)57/h6-33H,1-5H3. The first-order valence-corrected chi connectivity index (χ1v) is 21.7. The molecule has 0 unspecified atom stereocenters. The van der Waals surface area contributed by atoms with Crippen molar-refractivity contribution in [2.75, 3.05) is 9.71 Å². The van der Waals surface area contributed by atoms with Crippen LogP contribution >= 0.6 is 11.3 Å². The van der Waals surface area contributed by atoms with Gasteiger partial charge in [-0.25, -0.2) is 0 Å². The van der Waals surface area contributed by atoms with Crippen LogP contribution in [-0.4, -0.2) is 6.85 Å². The summed E-state index contributed by atoms with van der Waals surface area (Å²) in [6.07, 6.45) is 0. The van der Waals surface area contributed by atoms with Gasteiger partial charge < -0.3 is 9.71 Å². The molecule has 0 saturated heterocycles. The van der Waals surface area contributed by atoms with E-state index in [0.29, 0.717) is 0 Å². The van der Waals surface area contributed by atoms with Crippen molar-refractivity contribution < 1.29 is 0 Å². The highest BCUT2D eigenvalue weighted by Crippen LogP contribution is 2.57. The maximum Gasteiger partial charge on any atom is 0.333 e. The number of benzene rings is 8. The summed E-state index contributed by atoms with van der Waals surface area (Å²) in [5.41, 5.74) is 20.4. The lowest BCUT2D eigenvalue weighted by atomic mass is 9.42. The summed E-state index contributed by atoms with van der Waals surface area (Å²) in [6, 6.07) is 64.3. The number of nitrogens with zero attached hydrogens (tertiary/aromatic N) is 2. The Morgan fingerprint density at radius 2 is 1.22 bits per heavy atom. The van der Waals surface area contributed by atoms with E-state index in [0.717, 1.165) is 0 Å². The average molecular weight is 775 g/mol. The van der Waals surface area contributed by atoms with Gasteiger partial charge in [-0.15, -0.1) is 11.3 Å². The summed E-state index contributed by atoms with van der Waals surface area (Å²) in [4.78, 5) is 5.38. The zero-order valence-corrected chi connectivity index (χ0v) is 34.9. The number of rotatable bonds is 3. The Morgan fingerprint density at radius 3 is 2.02 bits per heavy atom.